The molecule has 0 radical (unpaired) electrons. The predicted octanol–water partition coefficient (Wildman–Crippen LogP) is 0.917. The van der Waals surface area contributed by atoms with Crippen LogP contribution in [0.1, 0.15) is 10.6 Å². The molecule has 26 heavy (non-hydrogen) atoms. The molecule has 0 aliphatic carbocycles. The molecule has 1 aliphatic rings. The van der Waals surface area contributed by atoms with E-state index in [0.717, 1.165) is 0 Å². The predicted molar refractivity (Wildman–Crippen MR) is 93.0 cm³/mol. The molecule has 0 unspecified atom stereocenters. The minimum absolute atomic E-state index is 0.0273. The number of sulfonamides is 1. The van der Waals surface area contributed by atoms with Gasteiger partial charge in [0.25, 0.3) is 5.91 Å². The van der Waals surface area contributed by atoms with Crippen molar-refractivity contribution in [2.45, 2.75) is 4.90 Å². The topological polar surface area (TPSA) is 126 Å². The normalized spacial score (nSPS) is 15.0. The van der Waals surface area contributed by atoms with Gasteiger partial charge in [-0.2, -0.15) is 0 Å². The second kappa shape index (κ2) is 7.18. The van der Waals surface area contributed by atoms with E-state index in [1.54, 1.807) is 21.9 Å². The Hall–Kier alpha value is -2.85. The summed E-state index contributed by atoms with van der Waals surface area (Å²) in [5, 5.41) is 7.73. The first kappa shape index (κ1) is 18.0. The van der Waals surface area contributed by atoms with Crippen LogP contribution in [-0.4, -0.2) is 56.3 Å². The van der Waals surface area contributed by atoms with E-state index in [-0.39, 0.29) is 22.6 Å². The summed E-state index contributed by atoms with van der Waals surface area (Å²) in [6.07, 6.45) is 1.44. The van der Waals surface area contributed by atoms with Crippen molar-refractivity contribution in [2.75, 3.05) is 31.5 Å². The van der Waals surface area contributed by atoms with Gasteiger partial charge in [-0.1, -0.05) is 0 Å². The summed E-state index contributed by atoms with van der Waals surface area (Å²) >= 11 is 0. The third-order valence-corrected chi connectivity index (χ3v) is 4.95. The number of amides is 3. The van der Waals surface area contributed by atoms with Crippen LogP contribution in [0.25, 0.3) is 0 Å². The Morgan fingerprint density at radius 1 is 1.00 bits per heavy atom. The number of benzene rings is 1. The number of hydrogen-bond donors (Lipinski definition) is 2. The van der Waals surface area contributed by atoms with Crippen molar-refractivity contribution in [3.05, 3.63) is 48.4 Å². The molecule has 1 fully saturated rings. The number of carbonyl (C=O) groups is 2. The van der Waals surface area contributed by atoms with E-state index in [0.29, 0.717) is 31.9 Å². The van der Waals surface area contributed by atoms with E-state index < -0.39 is 10.0 Å². The molecule has 3 rings (SSSR count). The summed E-state index contributed by atoms with van der Waals surface area (Å²) in [5.74, 6) is 0.0755. The molecule has 1 aromatic heterocycles. The van der Waals surface area contributed by atoms with Crippen molar-refractivity contribution >= 4 is 27.6 Å². The van der Waals surface area contributed by atoms with Crippen LogP contribution in [-0.2, 0) is 10.0 Å². The van der Waals surface area contributed by atoms with Crippen molar-refractivity contribution in [3.8, 4) is 0 Å². The molecule has 1 aromatic carbocycles. The van der Waals surface area contributed by atoms with Gasteiger partial charge in [-0.05, 0) is 36.4 Å². The fourth-order valence-electron chi connectivity index (χ4n) is 2.60. The first-order chi connectivity index (χ1) is 12.3. The Balaban J connectivity index is 1.54. The largest absolute Gasteiger partial charge is 0.459 e. The van der Waals surface area contributed by atoms with Crippen LogP contribution < -0.4 is 10.5 Å². The highest BCUT2D eigenvalue weighted by Gasteiger charge is 2.26. The number of nitrogens with zero attached hydrogens (tertiary/aromatic N) is 2. The van der Waals surface area contributed by atoms with Crippen LogP contribution in [0.3, 0.4) is 0 Å². The summed E-state index contributed by atoms with van der Waals surface area (Å²) in [5.41, 5.74) is 0.455. The van der Waals surface area contributed by atoms with Crippen LogP contribution >= 0.6 is 0 Å². The molecular weight excluding hydrogens is 360 g/mol. The molecule has 2 aromatic rings. The molecule has 3 N–H and O–H groups in total. The molecule has 0 spiro atoms. The summed E-state index contributed by atoms with van der Waals surface area (Å²) in [6, 6.07) is 8.52. The molecule has 0 saturated carbocycles. The maximum atomic E-state index is 12.3. The minimum atomic E-state index is -3.77. The van der Waals surface area contributed by atoms with Crippen molar-refractivity contribution in [2.24, 2.45) is 5.14 Å². The Bertz CT molecular complexity index is 885. The fraction of sp³-hybridized carbons (Fsp3) is 0.250. The van der Waals surface area contributed by atoms with Crippen LogP contribution in [0, 0.1) is 0 Å². The molecular formula is C16H18N4O5S. The standard InChI is InChI=1S/C16H18N4O5S/c17-26(23,24)13-5-3-12(4-6-13)18-16(22)20-9-7-19(8-10-20)15(21)14-2-1-11-25-14/h1-6,11H,7-10H2,(H,18,22)(H2,17,23,24). The third kappa shape index (κ3) is 4.03. The number of urea groups is 1. The van der Waals surface area contributed by atoms with Gasteiger partial charge in [0, 0.05) is 31.9 Å². The van der Waals surface area contributed by atoms with Crippen molar-refractivity contribution in [1.82, 2.24) is 9.80 Å². The SMILES string of the molecule is NS(=O)(=O)c1ccc(NC(=O)N2CCN(C(=O)c3ccco3)CC2)cc1. The van der Waals surface area contributed by atoms with E-state index in [4.69, 9.17) is 9.56 Å². The Morgan fingerprint density at radius 2 is 1.62 bits per heavy atom. The van der Waals surface area contributed by atoms with Gasteiger partial charge in [-0.15, -0.1) is 0 Å². The number of primary sulfonamides is 1. The number of anilines is 1. The second-order valence-electron chi connectivity index (χ2n) is 5.76. The lowest BCUT2D eigenvalue weighted by atomic mass is 10.3. The number of carbonyl (C=O) groups excluding carboxylic acids is 2. The van der Waals surface area contributed by atoms with E-state index in [1.165, 1.54) is 30.5 Å². The van der Waals surface area contributed by atoms with Crippen molar-refractivity contribution in [1.29, 1.82) is 0 Å². The summed E-state index contributed by atoms with van der Waals surface area (Å²) in [7, 11) is -3.77. The van der Waals surface area contributed by atoms with E-state index in [2.05, 4.69) is 5.32 Å². The summed E-state index contributed by atoms with van der Waals surface area (Å²) < 4.78 is 27.6. The zero-order valence-corrected chi connectivity index (χ0v) is 14.6. The third-order valence-electron chi connectivity index (χ3n) is 4.02. The quantitative estimate of drug-likeness (QED) is 0.821. The highest BCUT2D eigenvalue weighted by atomic mass is 32.2. The first-order valence-corrected chi connectivity index (χ1v) is 9.41. The van der Waals surface area contributed by atoms with Gasteiger partial charge in [-0.3, -0.25) is 4.79 Å². The van der Waals surface area contributed by atoms with Gasteiger partial charge in [0.1, 0.15) is 0 Å². The highest BCUT2D eigenvalue weighted by molar-refractivity contribution is 7.89. The average Bonchev–Trinajstić information content (AvgIpc) is 3.15. The number of piperazine rings is 1. The van der Waals surface area contributed by atoms with Crippen molar-refractivity contribution < 1.29 is 22.4 Å². The number of nitrogens with two attached hydrogens (primary N) is 1. The summed E-state index contributed by atoms with van der Waals surface area (Å²) in [4.78, 5) is 27.7. The van der Waals surface area contributed by atoms with Crippen molar-refractivity contribution in [3.63, 3.8) is 0 Å². The lowest BCUT2D eigenvalue weighted by molar-refractivity contribution is 0.0640. The van der Waals surface area contributed by atoms with Gasteiger partial charge in [0.05, 0.1) is 11.2 Å². The molecule has 10 heteroatoms. The first-order valence-electron chi connectivity index (χ1n) is 7.86. The maximum absolute atomic E-state index is 12.3. The van der Waals surface area contributed by atoms with Gasteiger partial charge < -0.3 is 19.5 Å². The monoisotopic (exact) mass is 378 g/mol. The molecule has 3 amide bonds. The van der Waals surface area contributed by atoms with Crippen LogP contribution in [0.15, 0.2) is 52.0 Å². The Kier molecular flexibility index (Phi) is 4.96. The fourth-order valence-corrected chi connectivity index (χ4v) is 3.11. The molecule has 0 atom stereocenters. The average molecular weight is 378 g/mol. The second-order valence-corrected chi connectivity index (χ2v) is 7.32. The van der Waals surface area contributed by atoms with E-state index in [9.17, 15) is 18.0 Å². The lowest BCUT2D eigenvalue weighted by Crippen LogP contribution is -2.51. The van der Waals surface area contributed by atoms with Gasteiger partial charge in [0.15, 0.2) is 5.76 Å². The highest BCUT2D eigenvalue weighted by Crippen LogP contribution is 2.14. The molecule has 138 valence electrons. The Labute approximate surface area is 150 Å². The number of hydrogen-bond acceptors (Lipinski definition) is 5. The molecule has 9 nitrogen and oxygen atoms in total. The lowest BCUT2D eigenvalue weighted by Gasteiger charge is -2.34. The van der Waals surface area contributed by atoms with Crippen LogP contribution in [0.4, 0.5) is 10.5 Å². The molecule has 0 bridgehead atoms. The van der Waals surface area contributed by atoms with E-state index in [1.807, 2.05) is 0 Å². The number of rotatable bonds is 3. The molecule has 1 saturated heterocycles. The van der Waals surface area contributed by atoms with E-state index >= 15 is 0 Å². The summed E-state index contributed by atoms with van der Waals surface area (Å²) in [6.45, 7) is 1.57. The molecule has 2 heterocycles. The zero-order valence-electron chi connectivity index (χ0n) is 13.8. The number of furan rings is 1. The Morgan fingerprint density at radius 3 is 2.15 bits per heavy atom. The molecule has 1 aliphatic heterocycles. The minimum Gasteiger partial charge on any atom is -0.459 e. The van der Waals surface area contributed by atoms with Crippen LogP contribution in [0.2, 0.25) is 0 Å². The number of nitrogens with one attached hydrogen (secondary N) is 1. The van der Waals surface area contributed by atoms with Gasteiger partial charge >= 0.3 is 6.03 Å². The smallest absolute Gasteiger partial charge is 0.321 e. The van der Waals surface area contributed by atoms with Gasteiger partial charge in [-0.25, -0.2) is 18.4 Å². The van der Waals surface area contributed by atoms with Gasteiger partial charge in [0.2, 0.25) is 10.0 Å². The zero-order chi connectivity index (χ0) is 18.7. The van der Waals surface area contributed by atoms with Crippen LogP contribution in [0.5, 0.6) is 0 Å². The maximum Gasteiger partial charge on any atom is 0.321 e.